The molecule has 2 rings (SSSR count). The second-order valence-electron chi connectivity index (χ2n) is 4.80. The van der Waals surface area contributed by atoms with Gasteiger partial charge < -0.3 is 10.5 Å². The van der Waals surface area contributed by atoms with E-state index in [0.29, 0.717) is 12.1 Å². The molecule has 1 heterocycles. The standard InChI is InChI=1S/C14H21NO/c1-3-12(15)5-6-13-9-11-8-10(2)4-7-14(11)16-13/h4,7-8,12-13H,3,5-6,9,15H2,1-2H3. The van der Waals surface area contributed by atoms with Crippen molar-refractivity contribution in [2.24, 2.45) is 5.73 Å². The van der Waals surface area contributed by atoms with Gasteiger partial charge in [-0.05, 0) is 37.8 Å². The molecule has 2 N–H and O–H groups in total. The van der Waals surface area contributed by atoms with E-state index in [1.807, 2.05) is 0 Å². The molecule has 0 aromatic heterocycles. The molecule has 1 aromatic carbocycles. The van der Waals surface area contributed by atoms with Crippen LogP contribution in [0.4, 0.5) is 0 Å². The molecular weight excluding hydrogens is 198 g/mol. The number of hydrogen-bond acceptors (Lipinski definition) is 2. The molecule has 1 aliphatic heterocycles. The molecule has 16 heavy (non-hydrogen) atoms. The molecule has 1 aromatic rings. The summed E-state index contributed by atoms with van der Waals surface area (Å²) in [5.41, 5.74) is 8.59. The van der Waals surface area contributed by atoms with E-state index in [0.717, 1.165) is 31.4 Å². The number of benzene rings is 1. The molecule has 1 aliphatic rings. The Bertz CT molecular complexity index is 362. The Morgan fingerprint density at radius 3 is 3.06 bits per heavy atom. The number of nitrogens with two attached hydrogens (primary N) is 1. The van der Waals surface area contributed by atoms with E-state index in [1.54, 1.807) is 0 Å². The van der Waals surface area contributed by atoms with Crippen LogP contribution in [0.15, 0.2) is 18.2 Å². The third kappa shape index (κ3) is 2.56. The largest absolute Gasteiger partial charge is 0.490 e. The number of hydrogen-bond donors (Lipinski definition) is 1. The highest BCUT2D eigenvalue weighted by Crippen LogP contribution is 2.31. The number of rotatable bonds is 4. The van der Waals surface area contributed by atoms with Gasteiger partial charge in [0.05, 0.1) is 0 Å². The van der Waals surface area contributed by atoms with Crippen LogP contribution in [0.3, 0.4) is 0 Å². The lowest BCUT2D eigenvalue weighted by atomic mass is 10.0. The molecule has 2 nitrogen and oxygen atoms in total. The fraction of sp³-hybridized carbons (Fsp3) is 0.571. The summed E-state index contributed by atoms with van der Waals surface area (Å²) >= 11 is 0. The van der Waals surface area contributed by atoms with Crippen LogP contribution in [0.5, 0.6) is 5.75 Å². The monoisotopic (exact) mass is 219 g/mol. The summed E-state index contributed by atoms with van der Waals surface area (Å²) in [5.74, 6) is 1.07. The predicted molar refractivity (Wildman–Crippen MR) is 66.8 cm³/mol. The lowest BCUT2D eigenvalue weighted by Crippen LogP contribution is -2.22. The third-order valence-electron chi connectivity index (χ3n) is 3.34. The number of aryl methyl sites for hydroxylation is 1. The molecule has 88 valence electrons. The van der Waals surface area contributed by atoms with Crippen LogP contribution in [-0.2, 0) is 6.42 Å². The van der Waals surface area contributed by atoms with Gasteiger partial charge in [0.25, 0.3) is 0 Å². The first kappa shape index (κ1) is 11.5. The Labute approximate surface area is 97.8 Å². The van der Waals surface area contributed by atoms with Gasteiger partial charge in [-0.3, -0.25) is 0 Å². The van der Waals surface area contributed by atoms with Crippen molar-refractivity contribution in [3.63, 3.8) is 0 Å². The topological polar surface area (TPSA) is 35.2 Å². The van der Waals surface area contributed by atoms with Gasteiger partial charge in [0.1, 0.15) is 11.9 Å². The van der Waals surface area contributed by atoms with Crippen molar-refractivity contribution >= 4 is 0 Å². The SMILES string of the molecule is CCC(N)CCC1Cc2cc(C)ccc2O1. The van der Waals surface area contributed by atoms with Gasteiger partial charge in [-0.25, -0.2) is 0 Å². The van der Waals surface area contributed by atoms with Gasteiger partial charge in [-0.2, -0.15) is 0 Å². The Kier molecular flexibility index (Phi) is 3.49. The van der Waals surface area contributed by atoms with Crippen LogP contribution in [0, 0.1) is 6.92 Å². The van der Waals surface area contributed by atoms with Crippen molar-refractivity contribution in [1.82, 2.24) is 0 Å². The Hall–Kier alpha value is -1.02. The molecule has 0 amide bonds. The lowest BCUT2D eigenvalue weighted by molar-refractivity contribution is 0.213. The summed E-state index contributed by atoms with van der Waals surface area (Å²) in [7, 11) is 0. The highest BCUT2D eigenvalue weighted by molar-refractivity contribution is 5.40. The molecular formula is C14H21NO. The van der Waals surface area contributed by atoms with Crippen LogP contribution in [0.2, 0.25) is 0 Å². The summed E-state index contributed by atoms with van der Waals surface area (Å²) < 4.78 is 5.90. The smallest absolute Gasteiger partial charge is 0.123 e. The van der Waals surface area contributed by atoms with Gasteiger partial charge in [-0.1, -0.05) is 24.6 Å². The van der Waals surface area contributed by atoms with E-state index in [9.17, 15) is 0 Å². The maximum absolute atomic E-state index is 5.92. The van der Waals surface area contributed by atoms with E-state index in [2.05, 4.69) is 32.0 Å². The molecule has 0 bridgehead atoms. The average Bonchev–Trinajstić information content (AvgIpc) is 2.67. The van der Waals surface area contributed by atoms with E-state index in [-0.39, 0.29) is 0 Å². The second-order valence-corrected chi connectivity index (χ2v) is 4.80. The maximum atomic E-state index is 5.92. The number of ether oxygens (including phenoxy) is 1. The van der Waals surface area contributed by atoms with Crippen LogP contribution < -0.4 is 10.5 Å². The molecule has 2 unspecified atom stereocenters. The summed E-state index contributed by atoms with van der Waals surface area (Å²) in [6.07, 6.45) is 4.58. The third-order valence-corrected chi connectivity index (χ3v) is 3.34. The highest BCUT2D eigenvalue weighted by Gasteiger charge is 2.22. The molecule has 2 heteroatoms. The van der Waals surface area contributed by atoms with E-state index in [4.69, 9.17) is 10.5 Å². The van der Waals surface area contributed by atoms with Gasteiger partial charge >= 0.3 is 0 Å². The minimum atomic E-state index is 0.328. The van der Waals surface area contributed by atoms with Crippen molar-refractivity contribution < 1.29 is 4.74 Å². The Morgan fingerprint density at radius 1 is 1.50 bits per heavy atom. The predicted octanol–water partition coefficient (Wildman–Crippen LogP) is 2.82. The summed E-state index contributed by atoms with van der Waals surface area (Å²) in [5, 5.41) is 0. The van der Waals surface area contributed by atoms with E-state index >= 15 is 0 Å². The van der Waals surface area contributed by atoms with Crippen molar-refractivity contribution in [3.05, 3.63) is 29.3 Å². The molecule has 0 fully saturated rings. The first-order chi connectivity index (χ1) is 7.69. The normalized spacial score (nSPS) is 20.3. The van der Waals surface area contributed by atoms with Crippen molar-refractivity contribution in [2.75, 3.05) is 0 Å². The van der Waals surface area contributed by atoms with Gasteiger partial charge in [-0.15, -0.1) is 0 Å². The van der Waals surface area contributed by atoms with Crippen molar-refractivity contribution in [1.29, 1.82) is 0 Å². The zero-order chi connectivity index (χ0) is 11.5. The van der Waals surface area contributed by atoms with Gasteiger partial charge in [0.15, 0.2) is 0 Å². The van der Waals surface area contributed by atoms with Crippen LogP contribution >= 0.6 is 0 Å². The molecule has 0 saturated carbocycles. The quantitative estimate of drug-likeness (QED) is 0.845. The van der Waals surface area contributed by atoms with Crippen LogP contribution in [0.1, 0.15) is 37.3 Å². The fourth-order valence-corrected chi connectivity index (χ4v) is 2.21. The van der Waals surface area contributed by atoms with Crippen molar-refractivity contribution in [3.8, 4) is 5.75 Å². The molecule has 2 atom stereocenters. The van der Waals surface area contributed by atoms with Gasteiger partial charge in [0, 0.05) is 12.5 Å². The molecule has 0 saturated heterocycles. The lowest BCUT2D eigenvalue weighted by Gasteiger charge is -2.13. The van der Waals surface area contributed by atoms with E-state index in [1.165, 1.54) is 11.1 Å². The highest BCUT2D eigenvalue weighted by atomic mass is 16.5. The van der Waals surface area contributed by atoms with E-state index < -0.39 is 0 Å². The minimum absolute atomic E-state index is 0.328. The summed E-state index contributed by atoms with van der Waals surface area (Å²) in [4.78, 5) is 0. The van der Waals surface area contributed by atoms with Crippen molar-refractivity contribution in [2.45, 2.75) is 51.7 Å². The second kappa shape index (κ2) is 4.88. The van der Waals surface area contributed by atoms with Gasteiger partial charge in [0.2, 0.25) is 0 Å². The molecule has 0 spiro atoms. The first-order valence-electron chi connectivity index (χ1n) is 6.20. The number of fused-ring (bicyclic) bond motifs is 1. The zero-order valence-electron chi connectivity index (χ0n) is 10.2. The average molecular weight is 219 g/mol. The summed E-state index contributed by atoms with van der Waals surface area (Å²) in [6, 6.07) is 6.76. The minimum Gasteiger partial charge on any atom is -0.490 e. The van der Waals surface area contributed by atoms with Crippen LogP contribution in [0.25, 0.3) is 0 Å². The molecule has 0 radical (unpaired) electrons. The maximum Gasteiger partial charge on any atom is 0.123 e. The molecule has 0 aliphatic carbocycles. The van der Waals surface area contributed by atoms with Crippen LogP contribution in [-0.4, -0.2) is 12.1 Å². The zero-order valence-corrected chi connectivity index (χ0v) is 10.2. The summed E-state index contributed by atoms with van der Waals surface area (Å²) in [6.45, 7) is 4.26. The Balaban J connectivity index is 1.90. The Morgan fingerprint density at radius 2 is 2.31 bits per heavy atom. The first-order valence-corrected chi connectivity index (χ1v) is 6.20. The fourth-order valence-electron chi connectivity index (χ4n) is 2.21.